The lowest BCUT2D eigenvalue weighted by atomic mass is 10.00. The maximum absolute atomic E-state index is 13.6. The normalized spacial score (nSPS) is 12.0. The SMILES string of the molecule is CC(C)(C)NC(=O)C(Cc1ccccc1)N(Cc1ccccc1Cl)C(=O)CCCOc1ccccc1. The van der Waals surface area contributed by atoms with Gasteiger partial charge in [-0.1, -0.05) is 78.3 Å². The Hall–Kier alpha value is -3.31. The molecule has 0 bridgehead atoms. The molecular weight excluding hydrogens is 472 g/mol. The molecule has 0 aliphatic carbocycles. The number of nitrogens with one attached hydrogen (secondary N) is 1. The number of para-hydroxylation sites is 1. The summed E-state index contributed by atoms with van der Waals surface area (Å²) < 4.78 is 5.77. The third kappa shape index (κ3) is 8.72. The van der Waals surface area contributed by atoms with Gasteiger partial charge in [0, 0.05) is 29.9 Å². The molecule has 3 aromatic rings. The molecule has 5 nitrogen and oxygen atoms in total. The molecule has 0 heterocycles. The second-order valence-corrected chi connectivity index (χ2v) is 10.2. The summed E-state index contributed by atoms with van der Waals surface area (Å²) in [6, 6.07) is 26.0. The summed E-state index contributed by atoms with van der Waals surface area (Å²) in [6.45, 7) is 6.46. The van der Waals surface area contributed by atoms with Crippen LogP contribution in [0.2, 0.25) is 5.02 Å². The zero-order valence-corrected chi connectivity index (χ0v) is 22.0. The smallest absolute Gasteiger partial charge is 0.243 e. The summed E-state index contributed by atoms with van der Waals surface area (Å²) in [4.78, 5) is 28.8. The maximum Gasteiger partial charge on any atom is 0.243 e. The summed E-state index contributed by atoms with van der Waals surface area (Å²) in [7, 11) is 0. The summed E-state index contributed by atoms with van der Waals surface area (Å²) in [5.74, 6) is 0.466. The van der Waals surface area contributed by atoms with Gasteiger partial charge in [0.25, 0.3) is 0 Å². The number of hydrogen-bond acceptors (Lipinski definition) is 3. The molecule has 0 fully saturated rings. The molecule has 1 N–H and O–H groups in total. The highest BCUT2D eigenvalue weighted by Crippen LogP contribution is 2.22. The van der Waals surface area contributed by atoms with Gasteiger partial charge in [0.05, 0.1) is 6.61 Å². The van der Waals surface area contributed by atoms with Crippen molar-refractivity contribution in [1.29, 1.82) is 0 Å². The van der Waals surface area contributed by atoms with E-state index >= 15 is 0 Å². The lowest BCUT2D eigenvalue weighted by Crippen LogP contribution is -2.54. The first-order valence-corrected chi connectivity index (χ1v) is 12.7. The van der Waals surface area contributed by atoms with Crippen molar-refractivity contribution in [3.63, 3.8) is 0 Å². The first-order chi connectivity index (χ1) is 17.2. The number of nitrogens with zero attached hydrogens (tertiary/aromatic N) is 1. The van der Waals surface area contributed by atoms with Crippen LogP contribution in [0.5, 0.6) is 5.75 Å². The van der Waals surface area contributed by atoms with E-state index in [0.717, 1.165) is 16.9 Å². The van der Waals surface area contributed by atoms with E-state index < -0.39 is 11.6 Å². The molecule has 6 heteroatoms. The van der Waals surface area contributed by atoms with Crippen LogP contribution in [0.25, 0.3) is 0 Å². The first-order valence-electron chi connectivity index (χ1n) is 12.3. The van der Waals surface area contributed by atoms with Crippen molar-refractivity contribution < 1.29 is 14.3 Å². The molecule has 36 heavy (non-hydrogen) atoms. The van der Waals surface area contributed by atoms with Crippen LogP contribution in [0.4, 0.5) is 0 Å². The molecule has 0 aromatic heterocycles. The van der Waals surface area contributed by atoms with E-state index in [1.54, 1.807) is 11.0 Å². The largest absolute Gasteiger partial charge is 0.494 e. The number of amides is 2. The molecule has 0 saturated heterocycles. The van der Waals surface area contributed by atoms with Crippen LogP contribution < -0.4 is 10.1 Å². The molecular formula is C30H35ClN2O3. The summed E-state index contributed by atoms with van der Waals surface area (Å²) in [5.41, 5.74) is 1.35. The van der Waals surface area contributed by atoms with Gasteiger partial charge < -0.3 is 15.0 Å². The van der Waals surface area contributed by atoms with Gasteiger partial charge in [-0.3, -0.25) is 9.59 Å². The van der Waals surface area contributed by atoms with Gasteiger partial charge >= 0.3 is 0 Å². The molecule has 0 radical (unpaired) electrons. The Kier molecular flexibility index (Phi) is 9.95. The molecule has 1 unspecified atom stereocenters. The molecule has 190 valence electrons. The van der Waals surface area contributed by atoms with Gasteiger partial charge in [0.2, 0.25) is 11.8 Å². The van der Waals surface area contributed by atoms with E-state index in [9.17, 15) is 9.59 Å². The highest BCUT2D eigenvalue weighted by atomic mass is 35.5. The monoisotopic (exact) mass is 506 g/mol. The van der Waals surface area contributed by atoms with Crippen LogP contribution in [0.15, 0.2) is 84.9 Å². The molecule has 3 rings (SSSR count). The number of carbonyl (C=O) groups excluding carboxylic acids is 2. The first kappa shape index (κ1) is 27.3. The molecule has 2 amide bonds. The van der Waals surface area contributed by atoms with Crippen LogP contribution in [0, 0.1) is 0 Å². The zero-order valence-electron chi connectivity index (χ0n) is 21.2. The predicted octanol–water partition coefficient (Wildman–Crippen LogP) is 6.05. The number of hydrogen-bond donors (Lipinski definition) is 1. The van der Waals surface area contributed by atoms with Crippen molar-refractivity contribution in [3.05, 3.63) is 101 Å². The average Bonchev–Trinajstić information content (AvgIpc) is 2.85. The molecule has 3 aromatic carbocycles. The van der Waals surface area contributed by atoms with E-state index in [-0.39, 0.29) is 24.8 Å². The highest BCUT2D eigenvalue weighted by molar-refractivity contribution is 6.31. The van der Waals surface area contributed by atoms with Gasteiger partial charge in [0.15, 0.2) is 0 Å². The van der Waals surface area contributed by atoms with E-state index in [4.69, 9.17) is 16.3 Å². The highest BCUT2D eigenvalue weighted by Gasteiger charge is 2.32. The van der Waals surface area contributed by atoms with Gasteiger partial charge in [-0.2, -0.15) is 0 Å². The van der Waals surface area contributed by atoms with Gasteiger partial charge in [-0.25, -0.2) is 0 Å². The Morgan fingerprint density at radius 1 is 0.917 bits per heavy atom. The second kappa shape index (κ2) is 13.1. The molecule has 0 saturated carbocycles. The van der Waals surface area contributed by atoms with Crippen LogP contribution in [0.3, 0.4) is 0 Å². The lowest BCUT2D eigenvalue weighted by Gasteiger charge is -2.34. The number of halogens is 1. The number of carbonyl (C=O) groups is 2. The van der Waals surface area contributed by atoms with Crippen LogP contribution >= 0.6 is 11.6 Å². The third-order valence-electron chi connectivity index (χ3n) is 5.61. The molecule has 0 aliphatic rings. The standard InChI is InChI=1S/C30H35ClN2O3/c1-30(2,3)32-29(35)27(21-23-13-6-4-7-14-23)33(22-24-15-10-11-18-26(24)31)28(34)19-12-20-36-25-16-8-5-9-17-25/h4-11,13-18,27H,12,19-22H2,1-3H3,(H,32,35). The van der Waals surface area contributed by atoms with E-state index in [0.29, 0.717) is 24.5 Å². The number of ether oxygens (including phenoxy) is 1. The Balaban J connectivity index is 1.83. The quantitative estimate of drug-likeness (QED) is 0.322. The zero-order chi connectivity index (χ0) is 26.0. The van der Waals surface area contributed by atoms with Gasteiger partial charge in [-0.15, -0.1) is 0 Å². The fourth-order valence-corrected chi connectivity index (χ4v) is 4.09. The van der Waals surface area contributed by atoms with E-state index in [1.807, 2.05) is 99.6 Å². The Morgan fingerprint density at radius 3 is 2.17 bits per heavy atom. The minimum Gasteiger partial charge on any atom is -0.494 e. The fraction of sp³-hybridized carbons (Fsp3) is 0.333. The minimum absolute atomic E-state index is 0.114. The van der Waals surface area contributed by atoms with Gasteiger partial charge in [0.1, 0.15) is 11.8 Å². The molecule has 0 spiro atoms. The van der Waals surface area contributed by atoms with Crippen molar-refractivity contribution in [2.75, 3.05) is 6.61 Å². The third-order valence-corrected chi connectivity index (χ3v) is 5.98. The molecule has 1 atom stereocenters. The topological polar surface area (TPSA) is 58.6 Å². The molecule has 0 aliphatic heterocycles. The predicted molar refractivity (Wildman–Crippen MR) is 145 cm³/mol. The van der Waals surface area contributed by atoms with Crippen molar-refractivity contribution in [2.45, 2.75) is 58.2 Å². The lowest BCUT2D eigenvalue weighted by molar-refractivity contribution is -0.142. The van der Waals surface area contributed by atoms with Crippen molar-refractivity contribution in [1.82, 2.24) is 10.2 Å². The van der Waals surface area contributed by atoms with Crippen molar-refractivity contribution in [3.8, 4) is 5.75 Å². The number of rotatable bonds is 11. The van der Waals surface area contributed by atoms with E-state index in [2.05, 4.69) is 5.32 Å². The van der Waals surface area contributed by atoms with Crippen LogP contribution in [0.1, 0.15) is 44.7 Å². The summed E-state index contributed by atoms with van der Waals surface area (Å²) in [5, 5.41) is 3.64. The average molecular weight is 507 g/mol. The van der Waals surface area contributed by atoms with Crippen molar-refractivity contribution in [2.24, 2.45) is 0 Å². The van der Waals surface area contributed by atoms with Gasteiger partial charge in [-0.05, 0) is 56.5 Å². The maximum atomic E-state index is 13.6. The summed E-state index contributed by atoms with van der Waals surface area (Å²) >= 11 is 6.46. The second-order valence-electron chi connectivity index (χ2n) is 9.82. The van der Waals surface area contributed by atoms with Crippen molar-refractivity contribution >= 4 is 23.4 Å². The Labute approximate surface area is 219 Å². The Morgan fingerprint density at radius 2 is 1.53 bits per heavy atom. The van der Waals surface area contributed by atoms with Crippen LogP contribution in [-0.2, 0) is 22.6 Å². The minimum atomic E-state index is -0.689. The van der Waals surface area contributed by atoms with E-state index in [1.165, 1.54) is 0 Å². The van der Waals surface area contributed by atoms with Crippen LogP contribution in [-0.4, -0.2) is 34.9 Å². The fourth-order valence-electron chi connectivity index (χ4n) is 3.89. The summed E-state index contributed by atoms with van der Waals surface area (Å²) in [6.07, 6.45) is 1.19. The number of benzene rings is 3. The Bertz CT molecular complexity index is 1110.